The van der Waals surface area contributed by atoms with E-state index in [1.165, 1.54) is 12.1 Å². The third-order valence-electron chi connectivity index (χ3n) is 2.06. The molecule has 3 N–H and O–H groups in total. The van der Waals surface area contributed by atoms with Crippen LogP contribution in [0.4, 0.5) is 4.39 Å². The van der Waals surface area contributed by atoms with Gasteiger partial charge in [0.15, 0.2) is 0 Å². The molecular formula is C12H14FNO2. The Morgan fingerprint density at radius 2 is 2.25 bits per heavy atom. The molecule has 0 spiro atoms. The summed E-state index contributed by atoms with van der Waals surface area (Å²) in [6, 6.07) is 4.42. The maximum Gasteiger partial charge on any atom is 0.307 e. The summed E-state index contributed by atoms with van der Waals surface area (Å²) in [7, 11) is 0. The van der Waals surface area contributed by atoms with E-state index in [0.717, 1.165) is 12.0 Å². The molecule has 0 saturated heterocycles. The van der Waals surface area contributed by atoms with Gasteiger partial charge in [-0.1, -0.05) is 18.2 Å². The summed E-state index contributed by atoms with van der Waals surface area (Å²) >= 11 is 0. The van der Waals surface area contributed by atoms with Crippen LogP contribution in [0.25, 0.3) is 6.08 Å². The molecule has 0 radical (unpaired) electrons. The lowest BCUT2D eigenvalue weighted by molar-refractivity contribution is -0.136. The van der Waals surface area contributed by atoms with Crippen molar-refractivity contribution in [3.8, 4) is 0 Å². The molecule has 0 aliphatic rings. The Balaban J connectivity index is 2.84. The third-order valence-corrected chi connectivity index (χ3v) is 2.06. The number of rotatable bonds is 5. The monoisotopic (exact) mass is 223 g/mol. The van der Waals surface area contributed by atoms with Gasteiger partial charge in [0.25, 0.3) is 0 Å². The summed E-state index contributed by atoms with van der Waals surface area (Å²) < 4.78 is 13.2. The number of nitrogens with two attached hydrogens (primary N) is 1. The Labute approximate surface area is 93.4 Å². The molecular weight excluding hydrogens is 209 g/mol. The van der Waals surface area contributed by atoms with Gasteiger partial charge in [0.1, 0.15) is 5.82 Å². The summed E-state index contributed by atoms with van der Waals surface area (Å²) in [5.74, 6) is -1.53. The predicted molar refractivity (Wildman–Crippen MR) is 60.4 cm³/mol. The van der Waals surface area contributed by atoms with Gasteiger partial charge in [-0.3, -0.25) is 4.79 Å². The number of benzene rings is 1. The molecule has 0 bridgehead atoms. The van der Waals surface area contributed by atoms with E-state index in [1.54, 1.807) is 12.1 Å². The van der Waals surface area contributed by atoms with Gasteiger partial charge < -0.3 is 10.8 Å². The molecule has 0 aliphatic heterocycles. The second kappa shape index (κ2) is 6.02. The summed E-state index contributed by atoms with van der Waals surface area (Å²) in [6.07, 6.45) is 4.12. The second-order valence-corrected chi connectivity index (χ2v) is 3.40. The van der Waals surface area contributed by atoms with Crippen LogP contribution in [-0.4, -0.2) is 17.6 Å². The maximum atomic E-state index is 13.2. The summed E-state index contributed by atoms with van der Waals surface area (Å²) in [4.78, 5) is 10.5. The van der Waals surface area contributed by atoms with Crippen molar-refractivity contribution in [1.29, 1.82) is 0 Å². The first-order valence-corrected chi connectivity index (χ1v) is 5.00. The lowest BCUT2D eigenvalue weighted by Crippen LogP contribution is -2.02. The topological polar surface area (TPSA) is 63.3 Å². The zero-order chi connectivity index (χ0) is 12.0. The van der Waals surface area contributed by atoms with Crippen molar-refractivity contribution >= 4 is 12.0 Å². The SMILES string of the molecule is NCCC=Cc1ccc(F)c(CC(=O)O)c1. The van der Waals surface area contributed by atoms with Gasteiger partial charge in [-0.25, -0.2) is 4.39 Å². The molecule has 0 heterocycles. The van der Waals surface area contributed by atoms with Crippen LogP contribution in [-0.2, 0) is 11.2 Å². The van der Waals surface area contributed by atoms with Gasteiger partial charge in [-0.2, -0.15) is 0 Å². The minimum Gasteiger partial charge on any atom is -0.481 e. The smallest absolute Gasteiger partial charge is 0.307 e. The second-order valence-electron chi connectivity index (χ2n) is 3.40. The van der Waals surface area contributed by atoms with Crippen LogP contribution in [0.3, 0.4) is 0 Å². The van der Waals surface area contributed by atoms with Crippen molar-refractivity contribution in [2.75, 3.05) is 6.54 Å². The number of carboxylic acid groups (broad SMARTS) is 1. The van der Waals surface area contributed by atoms with Crippen molar-refractivity contribution in [2.24, 2.45) is 5.73 Å². The molecule has 0 unspecified atom stereocenters. The Hall–Kier alpha value is -1.68. The van der Waals surface area contributed by atoms with Gasteiger partial charge in [0.2, 0.25) is 0 Å². The van der Waals surface area contributed by atoms with Crippen LogP contribution in [0.15, 0.2) is 24.3 Å². The molecule has 0 aliphatic carbocycles. The number of carbonyl (C=O) groups is 1. The van der Waals surface area contributed by atoms with E-state index in [1.807, 2.05) is 6.08 Å². The van der Waals surface area contributed by atoms with E-state index in [4.69, 9.17) is 10.8 Å². The van der Waals surface area contributed by atoms with E-state index < -0.39 is 11.8 Å². The summed E-state index contributed by atoms with van der Waals surface area (Å²) in [5, 5.41) is 8.60. The van der Waals surface area contributed by atoms with Crippen LogP contribution in [0, 0.1) is 5.82 Å². The minimum absolute atomic E-state index is 0.197. The first-order chi connectivity index (χ1) is 7.63. The van der Waals surface area contributed by atoms with Gasteiger partial charge >= 0.3 is 5.97 Å². The van der Waals surface area contributed by atoms with Crippen LogP contribution in [0.5, 0.6) is 0 Å². The Bertz CT molecular complexity index is 402. The molecule has 0 saturated carbocycles. The van der Waals surface area contributed by atoms with Crippen molar-refractivity contribution in [1.82, 2.24) is 0 Å². The van der Waals surface area contributed by atoms with Crippen LogP contribution in [0.2, 0.25) is 0 Å². The van der Waals surface area contributed by atoms with E-state index in [0.29, 0.717) is 6.54 Å². The first-order valence-electron chi connectivity index (χ1n) is 5.00. The average Bonchev–Trinajstić information content (AvgIpc) is 2.22. The highest BCUT2D eigenvalue weighted by atomic mass is 19.1. The lowest BCUT2D eigenvalue weighted by Gasteiger charge is -2.01. The standard InChI is InChI=1S/C12H14FNO2/c13-11-5-4-9(3-1-2-6-14)7-10(11)8-12(15)16/h1,3-5,7H,2,6,8,14H2,(H,15,16). The number of halogens is 1. The molecule has 0 fully saturated rings. The molecule has 86 valence electrons. The molecule has 4 heteroatoms. The summed E-state index contributed by atoms with van der Waals surface area (Å²) in [6.45, 7) is 0.555. The normalized spacial score (nSPS) is 10.9. The zero-order valence-corrected chi connectivity index (χ0v) is 8.82. The van der Waals surface area contributed by atoms with Crippen LogP contribution < -0.4 is 5.73 Å². The van der Waals surface area contributed by atoms with E-state index >= 15 is 0 Å². The molecule has 1 aromatic carbocycles. The zero-order valence-electron chi connectivity index (χ0n) is 8.82. The predicted octanol–water partition coefficient (Wildman–Crippen LogP) is 1.81. The lowest BCUT2D eigenvalue weighted by atomic mass is 10.1. The van der Waals surface area contributed by atoms with Crippen molar-refractivity contribution in [2.45, 2.75) is 12.8 Å². The Kier molecular flexibility index (Phi) is 4.66. The minimum atomic E-state index is -1.04. The molecule has 1 aromatic rings. The Morgan fingerprint density at radius 1 is 1.50 bits per heavy atom. The van der Waals surface area contributed by atoms with Gasteiger partial charge in [0.05, 0.1) is 6.42 Å². The molecule has 0 aromatic heterocycles. The number of aliphatic carboxylic acids is 1. The van der Waals surface area contributed by atoms with Gasteiger partial charge in [0, 0.05) is 0 Å². The quantitative estimate of drug-likeness (QED) is 0.800. The average molecular weight is 223 g/mol. The highest BCUT2D eigenvalue weighted by Gasteiger charge is 2.06. The largest absolute Gasteiger partial charge is 0.481 e. The summed E-state index contributed by atoms with van der Waals surface area (Å²) in [5.41, 5.74) is 6.30. The van der Waals surface area contributed by atoms with E-state index in [2.05, 4.69) is 0 Å². The fraction of sp³-hybridized carbons (Fsp3) is 0.250. The molecule has 3 nitrogen and oxygen atoms in total. The molecule has 0 amide bonds. The number of carboxylic acids is 1. The fourth-order valence-corrected chi connectivity index (χ4v) is 1.31. The van der Waals surface area contributed by atoms with Crippen molar-refractivity contribution < 1.29 is 14.3 Å². The highest BCUT2D eigenvalue weighted by molar-refractivity contribution is 5.70. The molecule has 16 heavy (non-hydrogen) atoms. The fourth-order valence-electron chi connectivity index (χ4n) is 1.31. The number of hydrogen-bond acceptors (Lipinski definition) is 2. The van der Waals surface area contributed by atoms with E-state index in [-0.39, 0.29) is 12.0 Å². The third kappa shape index (κ3) is 3.82. The van der Waals surface area contributed by atoms with Crippen molar-refractivity contribution in [3.63, 3.8) is 0 Å². The van der Waals surface area contributed by atoms with Crippen LogP contribution >= 0.6 is 0 Å². The van der Waals surface area contributed by atoms with Crippen LogP contribution in [0.1, 0.15) is 17.5 Å². The maximum absolute atomic E-state index is 13.2. The van der Waals surface area contributed by atoms with E-state index in [9.17, 15) is 9.18 Å². The highest BCUT2D eigenvalue weighted by Crippen LogP contribution is 2.13. The van der Waals surface area contributed by atoms with Gasteiger partial charge in [-0.15, -0.1) is 0 Å². The number of hydrogen-bond donors (Lipinski definition) is 2. The first kappa shape index (κ1) is 12.4. The molecule has 0 atom stereocenters. The Morgan fingerprint density at radius 3 is 2.88 bits per heavy atom. The molecule has 1 rings (SSSR count). The van der Waals surface area contributed by atoms with Gasteiger partial charge in [-0.05, 0) is 36.2 Å². The van der Waals surface area contributed by atoms with Crippen molar-refractivity contribution in [3.05, 3.63) is 41.2 Å².